The van der Waals surface area contributed by atoms with Gasteiger partial charge in [0.05, 0.1) is 4.88 Å². The molecule has 1 aromatic carbocycles. The van der Waals surface area contributed by atoms with Gasteiger partial charge in [-0.2, -0.15) is 26.3 Å². The van der Waals surface area contributed by atoms with E-state index in [4.69, 9.17) is 19.8 Å². The molecule has 1 amide bonds. The lowest BCUT2D eigenvalue weighted by Gasteiger charge is -2.42. The highest BCUT2D eigenvalue weighted by Crippen LogP contribution is 2.24. The quantitative estimate of drug-likeness (QED) is 0.359. The Morgan fingerprint density at radius 1 is 1.00 bits per heavy atom. The lowest BCUT2D eigenvalue weighted by atomic mass is 10.1. The molecule has 0 radical (unpaired) electrons. The standard InChI is InChI=1S/C21H29N3OS.2C2HF3O2/c1-4-16(2)14-23-11-12-24(17(3)15-23)19-9-7-18(8-10-19)22-21(25)20-6-5-13-26-20;2*3-2(4,5)1(6)7/h5-10,13,16-17H,4,11-12,14-15H2,1-3H3,(H,22,25);2*(H,6,7). The minimum absolute atomic E-state index is 0.0419. The van der Waals surface area contributed by atoms with E-state index >= 15 is 0 Å². The number of hydrogen-bond donors (Lipinski definition) is 3. The van der Waals surface area contributed by atoms with E-state index in [1.807, 2.05) is 29.6 Å². The third-order valence-electron chi connectivity index (χ3n) is 5.67. The number of thiophene rings is 1. The molecule has 0 aliphatic carbocycles. The average molecular weight is 600 g/mol. The van der Waals surface area contributed by atoms with Gasteiger partial charge in [0.15, 0.2) is 0 Å². The Morgan fingerprint density at radius 3 is 1.93 bits per heavy atom. The second-order valence-corrected chi connectivity index (χ2v) is 9.85. The van der Waals surface area contributed by atoms with Gasteiger partial charge in [-0.1, -0.05) is 26.3 Å². The number of anilines is 2. The van der Waals surface area contributed by atoms with Crippen LogP contribution in [0.3, 0.4) is 0 Å². The minimum Gasteiger partial charge on any atom is -0.475 e. The number of hydrogen-bond acceptors (Lipinski definition) is 6. The summed E-state index contributed by atoms with van der Waals surface area (Å²) in [4.78, 5) is 35.7. The van der Waals surface area contributed by atoms with Crippen LogP contribution in [0, 0.1) is 5.92 Å². The van der Waals surface area contributed by atoms with E-state index in [-0.39, 0.29) is 5.91 Å². The fourth-order valence-corrected chi connectivity index (χ4v) is 4.11. The zero-order chi connectivity index (χ0) is 30.7. The van der Waals surface area contributed by atoms with Gasteiger partial charge < -0.3 is 20.4 Å². The molecule has 2 unspecified atom stereocenters. The summed E-state index contributed by atoms with van der Waals surface area (Å²) < 4.78 is 63.5. The Balaban J connectivity index is 0.000000473. The molecule has 40 heavy (non-hydrogen) atoms. The summed E-state index contributed by atoms with van der Waals surface area (Å²) in [5.41, 5.74) is 2.07. The van der Waals surface area contributed by atoms with Gasteiger partial charge in [0.1, 0.15) is 0 Å². The number of aliphatic carboxylic acids is 2. The van der Waals surface area contributed by atoms with Crippen molar-refractivity contribution in [3.05, 3.63) is 46.7 Å². The molecular weight excluding hydrogens is 568 g/mol. The molecule has 2 atom stereocenters. The van der Waals surface area contributed by atoms with E-state index in [1.165, 1.54) is 30.0 Å². The van der Waals surface area contributed by atoms with Crippen molar-refractivity contribution >= 4 is 40.6 Å². The Labute approximate surface area is 231 Å². The zero-order valence-corrected chi connectivity index (χ0v) is 22.7. The average Bonchev–Trinajstić information content (AvgIpc) is 3.40. The van der Waals surface area contributed by atoms with Crippen LogP contribution < -0.4 is 10.2 Å². The van der Waals surface area contributed by atoms with Crippen LogP contribution >= 0.6 is 11.3 Å². The van der Waals surface area contributed by atoms with Crippen LogP contribution in [0.2, 0.25) is 0 Å². The Kier molecular flexibility index (Phi) is 13.4. The lowest BCUT2D eigenvalue weighted by Crippen LogP contribution is -2.52. The number of carbonyl (C=O) groups excluding carboxylic acids is 1. The van der Waals surface area contributed by atoms with Crippen molar-refractivity contribution in [3.8, 4) is 0 Å². The number of carboxylic acids is 2. The lowest BCUT2D eigenvalue weighted by molar-refractivity contribution is -0.193. The molecule has 0 spiro atoms. The summed E-state index contributed by atoms with van der Waals surface area (Å²) in [6, 6.07) is 12.5. The number of carbonyl (C=O) groups is 3. The molecule has 0 bridgehead atoms. The van der Waals surface area contributed by atoms with E-state index in [1.54, 1.807) is 0 Å². The number of halogens is 6. The van der Waals surface area contributed by atoms with Crippen LogP contribution in [0.15, 0.2) is 41.8 Å². The Morgan fingerprint density at radius 2 is 1.52 bits per heavy atom. The topological polar surface area (TPSA) is 110 Å². The Hall–Kier alpha value is -3.33. The van der Waals surface area contributed by atoms with Crippen LogP contribution in [-0.2, 0) is 9.59 Å². The van der Waals surface area contributed by atoms with Gasteiger partial charge >= 0.3 is 24.3 Å². The third-order valence-corrected chi connectivity index (χ3v) is 6.53. The van der Waals surface area contributed by atoms with Gasteiger partial charge in [0, 0.05) is 43.6 Å². The SMILES string of the molecule is CCC(C)CN1CCN(c2ccc(NC(=O)c3cccs3)cc2)C(C)C1.O=C(O)C(F)(F)F.O=C(O)C(F)(F)F. The summed E-state index contributed by atoms with van der Waals surface area (Å²) >= 11 is 1.46. The van der Waals surface area contributed by atoms with Crippen LogP contribution in [0.25, 0.3) is 0 Å². The van der Waals surface area contributed by atoms with E-state index in [2.05, 4.69) is 48.0 Å². The van der Waals surface area contributed by atoms with Crippen molar-refractivity contribution in [1.82, 2.24) is 4.90 Å². The molecule has 15 heteroatoms. The van der Waals surface area contributed by atoms with Gasteiger partial charge in [0.25, 0.3) is 5.91 Å². The summed E-state index contributed by atoms with van der Waals surface area (Å²) in [6.45, 7) is 11.4. The molecule has 1 fully saturated rings. The van der Waals surface area contributed by atoms with Gasteiger partial charge in [-0.05, 0) is 48.6 Å². The second kappa shape index (κ2) is 15.5. The molecule has 1 aromatic heterocycles. The van der Waals surface area contributed by atoms with Crippen molar-refractivity contribution in [2.45, 2.75) is 45.6 Å². The van der Waals surface area contributed by atoms with Crippen LogP contribution in [0.5, 0.6) is 0 Å². The molecule has 3 N–H and O–H groups in total. The van der Waals surface area contributed by atoms with Crippen molar-refractivity contribution in [1.29, 1.82) is 0 Å². The predicted molar refractivity (Wildman–Crippen MR) is 139 cm³/mol. The van der Waals surface area contributed by atoms with Gasteiger partial charge in [-0.25, -0.2) is 9.59 Å². The summed E-state index contributed by atoms with van der Waals surface area (Å²) in [5, 5.41) is 19.1. The highest BCUT2D eigenvalue weighted by molar-refractivity contribution is 7.12. The molecule has 1 aliphatic heterocycles. The zero-order valence-electron chi connectivity index (χ0n) is 21.9. The number of piperazine rings is 1. The number of rotatable bonds is 6. The summed E-state index contributed by atoms with van der Waals surface area (Å²) in [7, 11) is 0. The first-order chi connectivity index (χ1) is 18.4. The van der Waals surface area contributed by atoms with Gasteiger partial charge in [-0.3, -0.25) is 9.69 Å². The maximum Gasteiger partial charge on any atom is 0.490 e. The first-order valence-corrected chi connectivity index (χ1v) is 12.9. The maximum absolute atomic E-state index is 12.1. The molecule has 0 saturated carbocycles. The molecule has 8 nitrogen and oxygen atoms in total. The second-order valence-electron chi connectivity index (χ2n) is 8.90. The number of amides is 1. The molecule has 2 heterocycles. The van der Waals surface area contributed by atoms with E-state index in [0.29, 0.717) is 6.04 Å². The third kappa shape index (κ3) is 12.2. The van der Waals surface area contributed by atoms with Crippen LogP contribution in [0.4, 0.5) is 37.7 Å². The van der Waals surface area contributed by atoms with Crippen molar-refractivity contribution in [2.24, 2.45) is 5.92 Å². The van der Waals surface area contributed by atoms with Crippen LogP contribution in [-0.4, -0.2) is 77.5 Å². The molecule has 1 aliphatic rings. The highest BCUT2D eigenvalue weighted by atomic mass is 32.1. The van der Waals surface area contributed by atoms with E-state index in [9.17, 15) is 31.1 Å². The van der Waals surface area contributed by atoms with Crippen LogP contribution in [0.1, 0.15) is 36.9 Å². The summed E-state index contributed by atoms with van der Waals surface area (Å²) in [5.74, 6) is -4.79. The van der Waals surface area contributed by atoms with Gasteiger partial charge in [0.2, 0.25) is 0 Å². The minimum atomic E-state index is -5.08. The number of nitrogens with one attached hydrogen (secondary N) is 1. The highest BCUT2D eigenvalue weighted by Gasteiger charge is 2.38. The van der Waals surface area contributed by atoms with E-state index in [0.717, 1.165) is 36.1 Å². The molecule has 224 valence electrons. The molecule has 1 saturated heterocycles. The fourth-order valence-electron chi connectivity index (χ4n) is 3.49. The van der Waals surface area contributed by atoms with E-state index < -0.39 is 24.3 Å². The molecule has 3 rings (SSSR count). The normalized spacial score (nSPS) is 16.5. The number of benzene rings is 1. The maximum atomic E-state index is 12.1. The van der Waals surface area contributed by atoms with Gasteiger partial charge in [-0.15, -0.1) is 11.3 Å². The van der Waals surface area contributed by atoms with Crippen molar-refractivity contribution < 1.29 is 50.9 Å². The molecule has 2 aromatic rings. The van der Waals surface area contributed by atoms with Crippen molar-refractivity contribution in [3.63, 3.8) is 0 Å². The number of nitrogens with zero attached hydrogens (tertiary/aromatic N) is 2. The Bertz CT molecular complexity index is 1050. The largest absolute Gasteiger partial charge is 0.490 e. The first-order valence-electron chi connectivity index (χ1n) is 12.0. The number of alkyl halides is 6. The number of carboxylic acid groups (broad SMARTS) is 2. The predicted octanol–water partition coefficient (Wildman–Crippen LogP) is 5.82. The first kappa shape index (κ1) is 34.7. The smallest absolute Gasteiger partial charge is 0.475 e. The fraction of sp³-hybridized carbons (Fsp3) is 0.480. The molecular formula is C25H31F6N3O5S. The monoisotopic (exact) mass is 599 g/mol. The van der Waals surface area contributed by atoms with Crippen molar-refractivity contribution in [2.75, 3.05) is 36.4 Å². The summed E-state index contributed by atoms with van der Waals surface area (Å²) in [6.07, 6.45) is -8.92.